The van der Waals surface area contributed by atoms with Crippen molar-refractivity contribution < 1.29 is 108 Å². The molecule has 0 aliphatic carbocycles. The summed E-state index contributed by atoms with van der Waals surface area (Å²) in [6, 6.07) is 0. The van der Waals surface area contributed by atoms with Gasteiger partial charge in [0.25, 0.3) is 0 Å². The van der Waals surface area contributed by atoms with E-state index >= 15 is 0 Å². The van der Waals surface area contributed by atoms with E-state index in [1.54, 1.807) is 0 Å². The van der Waals surface area contributed by atoms with Gasteiger partial charge in [0.1, 0.15) is 0 Å². The van der Waals surface area contributed by atoms with Crippen LogP contribution in [0.5, 0.6) is 0 Å². The molecule has 9 nitrogen and oxygen atoms in total. The molecule has 14 heavy (non-hydrogen) atoms. The first-order valence-corrected chi connectivity index (χ1v) is 5.51. The summed E-state index contributed by atoms with van der Waals surface area (Å²) in [4.78, 5) is 51.1. The van der Waals surface area contributed by atoms with Crippen LogP contribution in [-0.2, 0) is 79.1 Å². The fraction of sp³-hybridized carbons (Fsp3) is 0. The van der Waals surface area contributed by atoms with Crippen LogP contribution in [0.15, 0.2) is 0 Å². The first-order chi connectivity index (χ1) is 5.20. The van der Waals surface area contributed by atoms with Crippen LogP contribution in [0.25, 0.3) is 0 Å². The van der Waals surface area contributed by atoms with Crippen molar-refractivity contribution in [1.82, 2.24) is 0 Å². The van der Waals surface area contributed by atoms with Crippen LogP contribution in [-0.4, -0.2) is 0 Å². The van der Waals surface area contributed by atoms with Crippen LogP contribution in [0.4, 0.5) is 0 Å². The molecule has 0 bridgehead atoms. The van der Waals surface area contributed by atoms with Gasteiger partial charge < -0.3 is 43.1 Å². The van der Waals surface area contributed by atoms with Crippen molar-refractivity contribution in [3.05, 3.63) is 0 Å². The van der Waals surface area contributed by atoms with Crippen molar-refractivity contribution in [1.29, 1.82) is 0 Å². The quantitative estimate of drug-likeness (QED) is 0.345. The Labute approximate surface area is 132 Å². The van der Waals surface area contributed by atoms with Gasteiger partial charge in [-0.3, -0.25) is 0 Å². The topological polar surface area (TPSA) is 190 Å². The van der Waals surface area contributed by atoms with Gasteiger partial charge in [0, 0.05) is 0 Å². The minimum atomic E-state index is -3.63. The fourth-order valence-corrected chi connectivity index (χ4v) is 0. The molecule has 78 valence electrons. The molecule has 0 spiro atoms. The van der Waals surface area contributed by atoms with Crippen molar-refractivity contribution in [3.63, 3.8) is 0 Å². The van der Waals surface area contributed by atoms with E-state index in [0.29, 0.717) is 0 Å². The van der Waals surface area contributed by atoms with Gasteiger partial charge in [-0.15, -0.1) is 0 Å². The molecule has 0 aliphatic rings. The number of hydrogen-bond donors (Lipinski definition) is 0. The van der Waals surface area contributed by atoms with Crippen molar-refractivity contribution in [2.75, 3.05) is 0 Å². The zero-order chi connectivity index (χ0) is 10.7. The predicted molar refractivity (Wildman–Crippen MR) is 27.0 cm³/mol. The van der Waals surface area contributed by atoms with Crippen molar-refractivity contribution in [2.45, 2.75) is 0 Å². The zero-order valence-electron chi connectivity index (χ0n) is 6.33. The summed E-state index contributed by atoms with van der Waals surface area (Å²) >= 11 is 0. The Morgan fingerprint density at radius 3 is 0.500 bits per heavy atom. The molecular formula is H3O9P3Y2. The van der Waals surface area contributed by atoms with Crippen molar-refractivity contribution in [2.24, 2.45) is 0 Å². The minimum Gasteiger partial charge on any atom is -0.813 e. The molecule has 0 aromatic heterocycles. The summed E-state index contributed by atoms with van der Waals surface area (Å²) in [6.45, 7) is 0. The third-order valence-electron chi connectivity index (χ3n) is 0. The van der Waals surface area contributed by atoms with E-state index in [0.717, 1.165) is 0 Å². The average molecular weight is 418 g/mol. The van der Waals surface area contributed by atoms with Crippen molar-refractivity contribution in [3.8, 4) is 0 Å². The summed E-state index contributed by atoms with van der Waals surface area (Å²) < 4.78 is 25.6. The summed E-state index contributed by atoms with van der Waals surface area (Å²) in [5.41, 5.74) is 0. The van der Waals surface area contributed by atoms with E-state index in [1.165, 1.54) is 0 Å². The first kappa shape index (κ1) is 30.1. The second-order valence-electron chi connectivity index (χ2n) is 0.750. The molecule has 0 aromatic carbocycles. The smallest absolute Gasteiger partial charge is 0.813 e. The molecule has 0 saturated carbocycles. The Kier molecular flexibility index (Phi) is 53.1. The van der Waals surface area contributed by atoms with Gasteiger partial charge in [-0.05, 0) is 0 Å². The second-order valence-corrected chi connectivity index (χ2v) is 2.25. The van der Waals surface area contributed by atoms with Gasteiger partial charge in [0.2, 0.25) is 0 Å². The maximum Gasteiger partial charge on any atom is 3.00 e. The van der Waals surface area contributed by atoms with Crippen LogP contribution < -0.4 is 29.4 Å². The normalized spacial score (nSPS) is 7.50. The third-order valence-corrected chi connectivity index (χ3v) is 0. The first-order valence-electron chi connectivity index (χ1n) is 1.84. The van der Waals surface area contributed by atoms with E-state index in [-0.39, 0.29) is 65.4 Å². The molecule has 0 heterocycles. The molecule has 0 atom stereocenters. The average Bonchev–Trinajstić information content (AvgIpc) is 1.54. The molecule has 0 unspecified atom stereocenters. The molecule has 0 amide bonds. The minimum absolute atomic E-state index is 0. The largest absolute Gasteiger partial charge is 3.00 e. The van der Waals surface area contributed by atoms with E-state index in [1.807, 2.05) is 0 Å². The predicted octanol–water partition coefficient (Wildman–Crippen LogP) is -5.71. The molecule has 0 rings (SSSR count). The monoisotopic (exact) mass is 418 g/mol. The number of hydrogen-bond acceptors (Lipinski definition) is 9. The molecule has 0 saturated heterocycles. The van der Waals surface area contributed by atoms with Gasteiger partial charge in [-0.25, -0.2) is 0 Å². The molecular weight excluding hydrogens is 415 g/mol. The third kappa shape index (κ3) is 387. The zero-order valence-corrected chi connectivity index (χ0v) is 15.0. The Morgan fingerprint density at radius 1 is 0.500 bits per heavy atom. The van der Waals surface area contributed by atoms with E-state index < -0.39 is 24.8 Å². The van der Waals surface area contributed by atoms with Crippen LogP contribution in [0, 0.1) is 0 Å². The summed E-state index contributed by atoms with van der Waals surface area (Å²) in [7, 11) is -10.9. The Hall–Kier alpha value is 2.66. The van der Waals surface area contributed by atoms with Gasteiger partial charge in [0.05, 0.1) is 0 Å². The Morgan fingerprint density at radius 2 is 0.500 bits per heavy atom. The SMILES string of the molecule is O=[PH]([O-])[O-].O=[PH]([O-])[O-].O=[PH]([O-])[O-].[Y+3].[Y+3]. The maximum absolute atomic E-state index is 8.52. The van der Waals surface area contributed by atoms with Crippen LogP contribution >= 0.6 is 24.8 Å². The van der Waals surface area contributed by atoms with E-state index in [9.17, 15) is 0 Å². The van der Waals surface area contributed by atoms with Gasteiger partial charge >= 0.3 is 65.4 Å². The van der Waals surface area contributed by atoms with E-state index in [2.05, 4.69) is 0 Å². The molecule has 0 radical (unpaired) electrons. The van der Waals surface area contributed by atoms with Crippen LogP contribution in [0.2, 0.25) is 0 Å². The van der Waals surface area contributed by atoms with Gasteiger partial charge in [0.15, 0.2) is 0 Å². The summed E-state index contributed by atoms with van der Waals surface area (Å²) in [5.74, 6) is 0. The molecule has 0 fully saturated rings. The van der Waals surface area contributed by atoms with Crippen molar-refractivity contribution >= 4 is 24.8 Å². The second kappa shape index (κ2) is 24.8. The maximum atomic E-state index is 8.52. The molecule has 0 aliphatic heterocycles. The fourth-order valence-electron chi connectivity index (χ4n) is 0. The summed E-state index contributed by atoms with van der Waals surface area (Å²) in [5, 5.41) is 0. The Bertz CT molecular complexity index is 116. The molecule has 0 N–H and O–H groups in total. The van der Waals surface area contributed by atoms with Crippen LogP contribution in [0.3, 0.4) is 0 Å². The van der Waals surface area contributed by atoms with E-state index in [4.69, 9.17) is 43.1 Å². The van der Waals surface area contributed by atoms with Gasteiger partial charge in [-0.1, -0.05) is 24.8 Å². The number of rotatable bonds is 0. The van der Waals surface area contributed by atoms with Gasteiger partial charge in [-0.2, -0.15) is 0 Å². The Balaban J connectivity index is -0.0000000270. The van der Waals surface area contributed by atoms with Crippen LogP contribution in [0.1, 0.15) is 0 Å². The standard InChI is InChI=1S/3H3O3P.2Y/c3*1-4(2)3;;/h3*4H,(H2,1,2,3);;/q;;;2*+3/p-6. The summed E-state index contributed by atoms with van der Waals surface area (Å²) in [6.07, 6.45) is 0. The molecule has 14 heteroatoms. The molecule has 0 aromatic rings.